The summed E-state index contributed by atoms with van der Waals surface area (Å²) in [7, 11) is 0. The van der Waals surface area contributed by atoms with Gasteiger partial charge in [-0.2, -0.15) is 0 Å². The fourth-order valence-corrected chi connectivity index (χ4v) is 3.17. The van der Waals surface area contributed by atoms with Crippen LogP contribution in [0.5, 0.6) is 0 Å². The molecule has 116 valence electrons. The Hall–Kier alpha value is -0.980. The third kappa shape index (κ3) is 3.75. The van der Waals surface area contributed by atoms with Crippen LogP contribution in [0.4, 0.5) is 0 Å². The van der Waals surface area contributed by atoms with Gasteiger partial charge in [0, 0.05) is 0 Å². The first-order valence-electron chi connectivity index (χ1n) is 7.08. The van der Waals surface area contributed by atoms with Gasteiger partial charge in [0.25, 0.3) is 0 Å². The van der Waals surface area contributed by atoms with E-state index in [4.69, 9.17) is 0 Å². The van der Waals surface area contributed by atoms with E-state index >= 15 is 0 Å². The normalized spacial score (nSPS) is 12.8. The molecule has 0 fully saturated rings. The Bertz CT molecular complexity index is 756. The standard InChI is InChI=1S/C19H15.2CH3.Si.Zr/c1-13-10-19-16(11-15-8-4-5-9-17(15)19)12-18(13)14-6-2-3-7-14;;;;/h2-6,8-10H,7,11H2,1H3;2*1H3;;/q3*-1;;. The molecule has 2 aliphatic carbocycles. The number of allylic oxidation sites excluding steroid dienone is 4. The Morgan fingerprint density at radius 3 is 2.52 bits per heavy atom. The predicted molar refractivity (Wildman–Crippen MR) is 98.6 cm³/mol. The van der Waals surface area contributed by atoms with E-state index in [9.17, 15) is 0 Å². The average molecular weight is 393 g/mol. The van der Waals surface area contributed by atoms with Crippen LogP contribution in [-0.2, 0) is 29.8 Å². The molecule has 0 aromatic heterocycles. The molecule has 2 aromatic carbocycles. The Kier molecular flexibility index (Phi) is 7.64. The summed E-state index contributed by atoms with van der Waals surface area (Å²) in [5, 5.41) is 0. The van der Waals surface area contributed by atoms with Gasteiger partial charge in [0.15, 0.2) is 0 Å². The molecule has 0 amide bonds. The molecule has 0 bridgehead atoms. The maximum absolute atomic E-state index is 3.67. The predicted octanol–water partition coefficient (Wildman–Crippen LogP) is 5.23. The van der Waals surface area contributed by atoms with Crippen LogP contribution in [0.25, 0.3) is 16.7 Å². The van der Waals surface area contributed by atoms with Gasteiger partial charge in [0.05, 0.1) is 0 Å². The van der Waals surface area contributed by atoms with Crippen LogP contribution in [0, 0.1) is 27.8 Å². The minimum absolute atomic E-state index is 0. The topological polar surface area (TPSA) is 0 Å². The summed E-state index contributed by atoms with van der Waals surface area (Å²) in [5.41, 5.74) is 9.60. The van der Waals surface area contributed by atoms with Crippen LogP contribution in [0.2, 0.25) is 0 Å². The van der Waals surface area contributed by atoms with Crippen molar-refractivity contribution in [1.82, 2.24) is 0 Å². The van der Waals surface area contributed by atoms with Gasteiger partial charge in [-0.15, -0.1) is 40.5 Å². The van der Waals surface area contributed by atoms with E-state index in [-0.39, 0.29) is 14.9 Å². The van der Waals surface area contributed by atoms with Crippen molar-refractivity contribution >= 4 is 12.5 Å². The fourth-order valence-electron chi connectivity index (χ4n) is 3.17. The molecule has 0 N–H and O–H groups in total. The summed E-state index contributed by atoms with van der Waals surface area (Å²) in [5.74, 6) is 0. The van der Waals surface area contributed by atoms with Gasteiger partial charge in [-0.3, -0.25) is 0 Å². The van der Waals surface area contributed by atoms with Gasteiger partial charge in [0.2, 0.25) is 0 Å². The summed E-state index contributed by atoms with van der Waals surface area (Å²) >= 11 is 1.36. The monoisotopic (exact) mass is 391 g/mol. The summed E-state index contributed by atoms with van der Waals surface area (Å²) in [6.07, 6.45) is 8.64. The van der Waals surface area contributed by atoms with Gasteiger partial charge >= 0.3 is 30.2 Å². The second kappa shape index (κ2) is 8.76. The van der Waals surface area contributed by atoms with Crippen LogP contribution < -0.4 is 0 Å². The fraction of sp³-hybridized carbons (Fsp3) is 0.143. The summed E-state index contributed by atoms with van der Waals surface area (Å²) < 4.78 is 0. The zero-order chi connectivity index (χ0) is 14.8. The number of rotatable bonds is 1. The minimum atomic E-state index is 0. The molecule has 0 unspecified atom stereocenters. The second-order valence-electron chi connectivity index (χ2n) is 5.38. The van der Waals surface area contributed by atoms with Crippen LogP contribution in [0.15, 0.2) is 48.6 Å². The van der Waals surface area contributed by atoms with Gasteiger partial charge in [-0.25, -0.2) is 0 Å². The van der Waals surface area contributed by atoms with Crippen LogP contribution in [0.3, 0.4) is 0 Å². The zero-order valence-corrected chi connectivity index (χ0v) is 17.5. The van der Waals surface area contributed by atoms with Crippen LogP contribution in [0.1, 0.15) is 28.7 Å². The van der Waals surface area contributed by atoms with E-state index in [2.05, 4.69) is 68.4 Å². The van der Waals surface area contributed by atoms with Crippen molar-refractivity contribution in [3.05, 3.63) is 91.7 Å². The summed E-state index contributed by atoms with van der Waals surface area (Å²) in [6, 6.07) is 14.7. The van der Waals surface area contributed by atoms with Gasteiger partial charge in [-0.1, -0.05) is 54.5 Å². The zero-order valence-electron chi connectivity index (χ0n) is 14.0. The molecule has 0 saturated carbocycles. The van der Waals surface area contributed by atoms with E-state index in [1.165, 1.54) is 62.3 Å². The molecular formula is C21H21SiZr-3. The molecule has 2 radical (unpaired) electrons. The van der Waals surface area contributed by atoms with E-state index < -0.39 is 0 Å². The number of aryl methyl sites for hydroxylation is 1. The molecule has 2 aliphatic rings. The van der Waals surface area contributed by atoms with Crippen molar-refractivity contribution in [3.63, 3.8) is 0 Å². The first-order valence-corrected chi connectivity index (χ1v) is 11.3. The summed E-state index contributed by atoms with van der Waals surface area (Å²) in [6.45, 7) is 5.26. The number of fused-ring (bicyclic) bond motifs is 3. The van der Waals surface area contributed by atoms with E-state index in [1.54, 1.807) is 0 Å². The number of benzene rings is 2. The summed E-state index contributed by atoms with van der Waals surface area (Å²) in [4.78, 5) is 0. The van der Waals surface area contributed by atoms with Crippen molar-refractivity contribution in [1.29, 1.82) is 0 Å². The maximum atomic E-state index is 3.67. The van der Waals surface area contributed by atoms with E-state index in [0.717, 1.165) is 12.8 Å². The third-order valence-electron chi connectivity index (χ3n) is 4.12. The Balaban J connectivity index is 0.000000638. The quantitative estimate of drug-likeness (QED) is 0.393. The van der Waals surface area contributed by atoms with Gasteiger partial charge in [-0.05, 0) is 18.4 Å². The van der Waals surface area contributed by atoms with E-state index in [1.807, 2.05) is 0 Å². The molecular weight excluding hydrogens is 372 g/mol. The third-order valence-corrected chi connectivity index (χ3v) is 4.12. The SMILES string of the molecule is Cc1cc2c([c-]c1C1=CC=CC1)Cc1ccccc1-2.[CH3-].[CH3-].[Si]=[Zr]. The molecule has 0 spiro atoms. The van der Waals surface area contributed by atoms with Crippen molar-refractivity contribution < 1.29 is 23.3 Å². The molecule has 2 aromatic rings. The Morgan fingerprint density at radius 2 is 1.83 bits per heavy atom. The van der Waals surface area contributed by atoms with Crippen molar-refractivity contribution in [2.75, 3.05) is 0 Å². The molecule has 2 heteroatoms. The molecule has 23 heavy (non-hydrogen) atoms. The molecule has 0 atom stereocenters. The van der Waals surface area contributed by atoms with Gasteiger partial charge in [0.1, 0.15) is 0 Å². The first kappa shape index (κ1) is 20.1. The average Bonchev–Trinajstić information content (AvgIpc) is 3.16. The Morgan fingerprint density at radius 1 is 1.09 bits per heavy atom. The van der Waals surface area contributed by atoms with Crippen molar-refractivity contribution in [2.45, 2.75) is 19.8 Å². The second-order valence-corrected chi connectivity index (χ2v) is 5.38. The van der Waals surface area contributed by atoms with E-state index in [0.29, 0.717) is 0 Å². The molecule has 0 saturated heterocycles. The van der Waals surface area contributed by atoms with Crippen molar-refractivity contribution in [3.8, 4) is 11.1 Å². The van der Waals surface area contributed by atoms with Crippen molar-refractivity contribution in [2.24, 2.45) is 0 Å². The molecule has 0 nitrogen and oxygen atoms in total. The van der Waals surface area contributed by atoms with Crippen LogP contribution >= 0.6 is 0 Å². The molecule has 4 rings (SSSR count). The molecule has 0 aliphatic heterocycles. The molecule has 0 heterocycles. The number of hydrogen-bond acceptors (Lipinski definition) is 0. The number of hydrogen-bond donors (Lipinski definition) is 0. The van der Waals surface area contributed by atoms with Crippen LogP contribution in [-0.4, -0.2) is 6.88 Å². The first-order chi connectivity index (χ1) is 10.3. The Labute approximate surface area is 157 Å². The van der Waals surface area contributed by atoms with Gasteiger partial charge < -0.3 is 14.9 Å².